The van der Waals surface area contributed by atoms with Crippen LogP contribution in [0.1, 0.15) is 0 Å². The van der Waals surface area contributed by atoms with E-state index in [1.54, 1.807) is 7.05 Å². The van der Waals surface area contributed by atoms with Crippen LogP contribution in [0.15, 0.2) is 20.7 Å². The van der Waals surface area contributed by atoms with Crippen LogP contribution >= 0.6 is 0 Å². The van der Waals surface area contributed by atoms with E-state index in [1.165, 1.54) is 4.31 Å². The molecule has 1 aliphatic rings. The lowest BCUT2D eigenvalue weighted by molar-refractivity contribution is 0.000794. The molecule has 0 saturated carbocycles. The molecule has 10 heteroatoms. The van der Waals surface area contributed by atoms with Gasteiger partial charge in [0.05, 0.1) is 12.7 Å². The van der Waals surface area contributed by atoms with Gasteiger partial charge < -0.3 is 15.0 Å². The number of ether oxygens (including phenoxy) is 1. The summed E-state index contributed by atoms with van der Waals surface area (Å²) in [4.78, 5) is 26.1. The van der Waals surface area contributed by atoms with Crippen LogP contribution in [0.25, 0.3) is 0 Å². The molecule has 0 spiro atoms. The summed E-state index contributed by atoms with van der Waals surface area (Å²) in [6.07, 6.45) is 0.643. The van der Waals surface area contributed by atoms with Gasteiger partial charge >= 0.3 is 5.69 Å². The van der Waals surface area contributed by atoms with Crippen molar-refractivity contribution in [2.75, 3.05) is 33.3 Å². The number of H-pyrrole nitrogens is 2. The van der Waals surface area contributed by atoms with Crippen molar-refractivity contribution >= 4 is 10.0 Å². The molecule has 0 aliphatic carbocycles. The zero-order valence-corrected chi connectivity index (χ0v) is 11.7. The van der Waals surface area contributed by atoms with E-state index in [4.69, 9.17) is 4.74 Å². The topological polar surface area (TPSA) is 124 Å². The van der Waals surface area contributed by atoms with Crippen molar-refractivity contribution in [3.63, 3.8) is 0 Å². The minimum absolute atomic E-state index is 0.155. The Labute approximate surface area is 115 Å². The van der Waals surface area contributed by atoms with Crippen LogP contribution in [-0.2, 0) is 14.8 Å². The Morgan fingerprint density at radius 3 is 2.90 bits per heavy atom. The maximum absolute atomic E-state index is 12.4. The molecule has 2 heterocycles. The Bertz CT molecular complexity index is 677. The molecular formula is C10H16N4O5S. The minimum Gasteiger partial charge on any atom is -0.374 e. The number of aromatic nitrogens is 2. The summed E-state index contributed by atoms with van der Waals surface area (Å²) >= 11 is 0. The molecule has 0 bridgehead atoms. The third kappa shape index (κ3) is 2.98. The Kier molecular flexibility index (Phi) is 4.38. The summed E-state index contributed by atoms with van der Waals surface area (Å²) < 4.78 is 31.4. The monoisotopic (exact) mass is 304 g/mol. The van der Waals surface area contributed by atoms with Gasteiger partial charge in [-0.1, -0.05) is 0 Å². The third-order valence-corrected chi connectivity index (χ3v) is 4.81. The SMILES string of the molecule is CNCC1CN(S(=O)(=O)c2c[nH]c(=O)[nH]c2=O)CCO1. The van der Waals surface area contributed by atoms with Gasteiger partial charge in [-0.25, -0.2) is 13.2 Å². The van der Waals surface area contributed by atoms with E-state index < -0.39 is 26.2 Å². The molecule has 0 radical (unpaired) electrons. The molecule has 1 aromatic heterocycles. The molecule has 0 amide bonds. The minimum atomic E-state index is -3.95. The molecule has 1 fully saturated rings. The van der Waals surface area contributed by atoms with Crippen LogP contribution < -0.4 is 16.6 Å². The number of aromatic amines is 2. The molecule has 2 rings (SSSR count). The zero-order valence-electron chi connectivity index (χ0n) is 10.9. The van der Waals surface area contributed by atoms with Gasteiger partial charge in [-0.15, -0.1) is 0 Å². The summed E-state index contributed by atoms with van der Waals surface area (Å²) in [6, 6.07) is 0. The van der Waals surface area contributed by atoms with Gasteiger partial charge in [0.25, 0.3) is 5.56 Å². The van der Waals surface area contributed by atoms with Crippen molar-refractivity contribution in [2.24, 2.45) is 0 Å². The number of sulfonamides is 1. The van der Waals surface area contributed by atoms with Crippen LogP contribution in [0, 0.1) is 0 Å². The molecule has 1 atom stereocenters. The van der Waals surface area contributed by atoms with Crippen molar-refractivity contribution < 1.29 is 13.2 Å². The van der Waals surface area contributed by atoms with E-state index in [1.807, 2.05) is 4.98 Å². The molecular weight excluding hydrogens is 288 g/mol. The van der Waals surface area contributed by atoms with Crippen molar-refractivity contribution in [3.05, 3.63) is 27.0 Å². The van der Waals surface area contributed by atoms with E-state index in [9.17, 15) is 18.0 Å². The number of hydrogen-bond donors (Lipinski definition) is 3. The highest BCUT2D eigenvalue weighted by molar-refractivity contribution is 7.89. The number of rotatable bonds is 4. The molecule has 9 nitrogen and oxygen atoms in total. The smallest absolute Gasteiger partial charge is 0.325 e. The first-order valence-electron chi connectivity index (χ1n) is 6.03. The highest BCUT2D eigenvalue weighted by Gasteiger charge is 2.32. The fourth-order valence-electron chi connectivity index (χ4n) is 1.99. The summed E-state index contributed by atoms with van der Waals surface area (Å²) in [5.74, 6) is 0. The molecule has 3 N–H and O–H groups in total. The van der Waals surface area contributed by atoms with Crippen molar-refractivity contribution in [3.8, 4) is 0 Å². The fraction of sp³-hybridized carbons (Fsp3) is 0.600. The van der Waals surface area contributed by atoms with Crippen LogP contribution in [-0.4, -0.2) is 62.1 Å². The van der Waals surface area contributed by atoms with E-state index in [-0.39, 0.29) is 25.8 Å². The normalized spacial score (nSPS) is 20.9. The van der Waals surface area contributed by atoms with Gasteiger partial charge in [-0.3, -0.25) is 9.78 Å². The van der Waals surface area contributed by atoms with Gasteiger partial charge in [0.2, 0.25) is 10.0 Å². The van der Waals surface area contributed by atoms with Crippen molar-refractivity contribution in [1.29, 1.82) is 0 Å². The largest absolute Gasteiger partial charge is 0.374 e. The van der Waals surface area contributed by atoms with E-state index in [2.05, 4.69) is 10.3 Å². The third-order valence-electron chi connectivity index (χ3n) is 2.94. The first kappa shape index (κ1) is 14.9. The van der Waals surface area contributed by atoms with Crippen LogP contribution in [0.4, 0.5) is 0 Å². The molecule has 1 unspecified atom stereocenters. The average Bonchev–Trinajstić information content (AvgIpc) is 2.39. The number of hydrogen-bond acceptors (Lipinski definition) is 6. The summed E-state index contributed by atoms with van der Waals surface area (Å²) in [5, 5.41) is 2.91. The van der Waals surface area contributed by atoms with Gasteiger partial charge in [-0.05, 0) is 7.05 Å². The first-order chi connectivity index (χ1) is 9.45. The Morgan fingerprint density at radius 2 is 2.25 bits per heavy atom. The Hall–Kier alpha value is -1.49. The first-order valence-corrected chi connectivity index (χ1v) is 7.47. The summed E-state index contributed by atoms with van der Waals surface area (Å²) in [7, 11) is -2.21. The predicted octanol–water partition coefficient (Wildman–Crippen LogP) is -2.33. The van der Waals surface area contributed by atoms with Gasteiger partial charge in [0, 0.05) is 25.8 Å². The number of morpholine rings is 1. The standard InChI is InChI=1S/C10H16N4O5S/c1-11-4-7-6-14(2-3-19-7)20(17,18)8-5-12-10(16)13-9(8)15/h5,7,11H,2-4,6H2,1H3,(H2,12,13,15,16). The lowest BCUT2D eigenvalue weighted by atomic mass is 10.3. The van der Waals surface area contributed by atoms with Crippen LogP contribution in [0.3, 0.4) is 0 Å². The maximum Gasteiger partial charge on any atom is 0.325 e. The number of nitrogens with zero attached hydrogens (tertiary/aromatic N) is 1. The summed E-state index contributed by atoms with van der Waals surface area (Å²) in [5.41, 5.74) is -1.67. The molecule has 0 aromatic carbocycles. The molecule has 1 saturated heterocycles. The van der Waals surface area contributed by atoms with Gasteiger partial charge in [-0.2, -0.15) is 4.31 Å². The van der Waals surface area contributed by atoms with Crippen molar-refractivity contribution in [2.45, 2.75) is 11.0 Å². The lowest BCUT2D eigenvalue weighted by Gasteiger charge is -2.31. The second-order valence-corrected chi connectivity index (χ2v) is 6.26. The fourth-order valence-corrected chi connectivity index (χ4v) is 3.44. The number of nitrogens with one attached hydrogen (secondary N) is 3. The maximum atomic E-state index is 12.4. The molecule has 20 heavy (non-hydrogen) atoms. The Morgan fingerprint density at radius 1 is 1.50 bits per heavy atom. The highest BCUT2D eigenvalue weighted by Crippen LogP contribution is 2.14. The second-order valence-electron chi connectivity index (χ2n) is 4.35. The van der Waals surface area contributed by atoms with E-state index in [0.717, 1.165) is 6.20 Å². The zero-order chi connectivity index (χ0) is 14.8. The predicted molar refractivity (Wildman–Crippen MR) is 70.1 cm³/mol. The quantitative estimate of drug-likeness (QED) is 0.573. The van der Waals surface area contributed by atoms with Crippen molar-refractivity contribution in [1.82, 2.24) is 19.6 Å². The van der Waals surface area contributed by atoms with E-state index in [0.29, 0.717) is 6.54 Å². The second kappa shape index (κ2) is 5.87. The molecule has 1 aliphatic heterocycles. The van der Waals surface area contributed by atoms with Crippen LogP contribution in [0.2, 0.25) is 0 Å². The van der Waals surface area contributed by atoms with Crippen LogP contribution in [0.5, 0.6) is 0 Å². The molecule has 112 valence electrons. The van der Waals surface area contributed by atoms with Gasteiger partial charge in [0.15, 0.2) is 4.90 Å². The number of likely N-dealkylation sites (N-methyl/N-ethyl adjacent to an activating group) is 1. The van der Waals surface area contributed by atoms with Gasteiger partial charge in [0.1, 0.15) is 0 Å². The summed E-state index contributed by atoms with van der Waals surface area (Å²) in [6.45, 7) is 1.09. The lowest BCUT2D eigenvalue weighted by Crippen LogP contribution is -2.49. The average molecular weight is 304 g/mol. The highest BCUT2D eigenvalue weighted by atomic mass is 32.2. The molecule has 1 aromatic rings. The van der Waals surface area contributed by atoms with E-state index >= 15 is 0 Å². The Balaban J connectivity index is 2.30.